The molecule has 2 aromatic rings. The van der Waals surface area contributed by atoms with Crippen LogP contribution in [0, 0.1) is 17.2 Å². The second kappa shape index (κ2) is 4.74. The van der Waals surface area contributed by atoms with Gasteiger partial charge < -0.3 is 4.98 Å². The minimum Gasteiger partial charge on any atom is -0.358 e. The van der Waals surface area contributed by atoms with Gasteiger partial charge in [0.2, 0.25) is 0 Å². The van der Waals surface area contributed by atoms with Crippen LogP contribution < -0.4 is 0 Å². The van der Waals surface area contributed by atoms with Gasteiger partial charge in [0.1, 0.15) is 0 Å². The highest BCUT2D eigenvalue weighted by molar-refractivity contribution is 5.85. The molecule has 1 atom stereocenters. The van der Waals surface area contributed by atoms with Crippen LogP contribution in [0.25, 0.3) is 10.9 Å². The minimum absolute atomic E-state index is 0.00135. The molecule has 2 nitrogen and oxygen atoms in total. The van der Waals surface area contributed by atoms with Gasteiger partial charge >= 0.3 is 0 Å². The van der Waals surface area contributed by atoms with Crippen molar-refractivity contribution in [2.75, 3.05) is 0 Å². The number of hydrogen-bond acceptors (Lipinski definition) is 1. The highest BCUT2D eigenvalue weighted by Gasteiger charge is 2.19. The summed E-state index contributed by atoms with van der Waals surface area (Å²) in [6.45, 7) is 4.23. The maximum absolute atomic E-state index is 9.35. The third kappa shape index (κ3) is 2.04. The molecule has 0 bridgehead atoms. The Morgan fingerprint density at radius 1 is 1.21 bits per heavy atom. The zero-order chi connectivity index (χ0) is 13.4. The molecule has 0 aliphatic heterocycles. The Morgan fingerprint density at radius 2 is 2.00 bits per heavy atom. The Morgan fingerprint density at radius 3 is 2.74 bits per heavy atom. The molecule has 1 unspecified atom stereocenters. The lowest BCUT2D eigenvalue weighted by molar-refractivity contribution is 0.588. The summed E-state index contributed by atoms with van der Waals surface area (Å²) < 4.78 is 0. The Kier molecular flexibility index (Phi) is 3.06. The van der Waals surface area contributed by atoms with Crippen LogP contribution in [0.3, 0.4) is 0 Å². The Hall–Kier alpha value is -1.75. The standard InChI is InChI=1S/C17H20N2/c1-11(2)15(10-18)12-7-8-17-14(9-12)13-5-3-4-6-16(13)19-17/h7-9,11,15,19H,3-6H2,1-2H3. The number of aromatic nitrogens is 1. The molecule has 1 N–H and O–H groups in total. The maximum Gasteiger partial charge on any atom is 0.0735 e. The number of H-pyrrole nitrogens is 1. The highest BCUT2D eigenvalue weighted by Crippen LogP contribution is 2.32. The van der Waals surface area contributed by atoms with Crippen molar-refractivity contribution in [1.82, 2.24) is 4.98 Å². The molecule has 0 saturated carbocycles. The predicted molar refractivity (Wildman–Crippen MR) is 78.1 cm³/mol. The van der Waals surface area contributed by atoms with E-state index in [9.17, 15) is 5.26 Å². The first-order chi connectivity index (χ1) is 9.20. The molecule has 0 fully saturated rings. The lowest BCUT2D eigenvalue weighted by atomic mass is 9.88. The number of nitrogens with one attached hydrogen (secondary N) is 1. The number of nitriles is 1. The molecule has 1 aromatic heterocycles. The molecule has 0 spiro atoms. The lowest BCUT2D eigenvalue weighted by Crippen LogP contribution is -2.04. The molecule has 19 heavy (non-hydrogen) atoms. The first kappa shape index (κ1) is 12.3. The second-order valence-electron chi connectivity index (χ2n) is 5.95. The van der Waals surface area contributed by atoms with E-state index in [0.29, 0.717) is 5.92 Å². The number of rotatable bonds is 2. The summed E-state index contributed by atoms with van der Waals surface area (Å²) in [7, 11) is 0. The van der Waals surface area contributed by atoms with E-state index in [2.05, 4.69) is 43.1 Å². The fraction of sp³-hybridized carbons (Fsp3) is 0.471. The van der Waals surface area contributed by atoms with E-state index in [1.165, 1.54) is 47.8 Å². The number of benzene rings is 1. The van der Waals surface area contributed by atoms with Gasteiger partial charge in [-0.1, -0.05) is 19.9 Å². The monoisotopic (exact) mass is 252 g/mol. The highest BCUT2D eigenvalue weighted by atomic mass is 14.7. The van der Waals surface area contributed by atoms with Crippen LogP contribution >= 0.6 is 0 Å². The van der Waals surface area contributed by atoms with E-state index < -0.39 is 0 Å². The third-order valence-corrected chi connectivity index (χ3v) is 4.29. The first-order valence-corrected chi connectivity index (χ1v) is 7.23. The minimum atomic E-state index is -0.00135. The third-order valence-electron chi connectivity index (χ3n) is 4.29. The van der Waals surface area contributed by atoms with Gasteiger partial charge in [0, 0.05) is 16.6 Å². The topological polar surface area (TPSA) is 39.6 Å². The average molecular weight is 252 g/mol. The summed E-state index contributed by atoms with van der Waals surface area (Å²) in [5.41, 5.74) is 5.30. The molecule has 1 aromatic carbocycles. The van der Waals surface area contributed by atoms with Gasteiger partial charge in [0.15, 0.2) is 0 Å². The van der Waals surface area contributed by atoms with Crippen LogP contribution in [0.5, 0.6) is 0 Å². The van der Waals surface area contributed by atoms with Crippen LogP contribution in [0.15, 0.2) is 18.2 Å². The molecule has 0 amide bonds. The molecule has 0 saturated heterocycles. The van der Waals surface area contributed by atoms with Gasteiger partial charge in [-0.25, -0.2) is 0 Å². The summed E-state index contributed by atoms with van der Waals surface area (Å²) in [4.78, 5) is 3.55. The quantitative estimate of drug-likeness (QED) is 0.850. The van der Waals surface area contributed by atoms with Crippen molar-refractivity contribution in [2.45, 2.75) is 45.4 Å². The van der Waals surface area contributed by atoms with Crippen molar-refractivity contribution < 1.29 is 0 Å². The van der Waals surface area contributed by atoms with Gasteiger partial charge in [-0.15, -0.1) is 0 Å². The van der Waals surface area contributed by atoms with Crippen LogP contribution in [-0.2, 0) is 12.8 Å². The zero-order valence-corrected chi connectivity index (χ0v) is 11.7. The number of hydrogen-bond donors (Lipinski definition) is 1. The van der Waals surface area contributed by atoms with Gasteiger partial charge in [0.05, 0.1) is 12.0 Å². The maximum atomic E-state index is 9.35. The van der Waals surface area contributed by atoms with Crippen molar-refractivity contribution in [3.8, 4) is 6.07 Å². The summed E-state index contributed by atoms with van der Waals surface area (Å²) in [5.74, 6) is 0.357. The molecular formula is C17H20N2. The van der Waals surface area contributed by atoms with Crippen molar-refractivity contribution >= 4 is 10.9 Å². The molecule has 1 aliphatic rings. The van der Waals surface area contributed by atoms with Crippen LogP contribution in [0.4, 0.5) is 0 Å². The van der Waals surface area contributed by atoms with E-state index >= 15 is 0 Å². The smallest absolute Gasteiger partial charge is 0.0735 e. The second-order valence-corrected chi connectivity index (χ2v) is 5.95. The number of nitrogens with zero attached hydrogens (tertiary/aromatic N) is 1. The summed E-state index contributed by atoms with van der Waals surface area (Å²) in [5, 5.41) is 10.7. The van der Waals surface area contributed by atoms with E-state index in [4.69, 9.17) is 0 Å². The summed E-state index contributed by atoms with van der Waals surface area (Å²) in [6, 6.07) is 8.94. The number of aryl methyl sites for hydroxylation is 2. The van der Waals surface area contributed by atoms with Crippen molar-refractivity contribution in [3.63, 3.8) is 0 Å². The zero-order valence-electron chi connectivity index (χ0n) is 11.7. The van der Waals surface area contributed by atoms with E-state index in [1.54, 1.807) is 0 Å². The van der Waals surface area contributed by atoms with Crippen LogP contribution in [-0.4, -0.2) is 4.98 Å². The number of fused-ring (bicyclic) bond motifs is 3. The van der Waals surface area contributed by atoms with Crippen molar-refractivity contribution in [1.29, 1.82) is 5.26 Å². The lowest BCUT2D eigenvalue weighted by Gasteiger charge is -2.14. The SMILES string of the molecule is CC(C)C(C#N)c1ccc2[nH]c3c(c2c1)CCCC3. The first-order valence-electron chi connectivity index (χ1n) is 7.23. The largest absolute Gasteiger partial charge is 0.358 e. The van der Waals surface area contributed by atoms with E-state index in [0.717, 1.165) is 5.56 Å². The van der Waals surface area contributed by atoms with Gasteiger partial charge in [0.25, 0.3) is 0 Å². The Bertz CT molecular complexity index is 643. The Balaban J connectivity index is 2.12. The van der Waals surface area contributed by atoms with Crippen LogP contribution in [0.2, 0.25) is 0 Å². The molecule has 1 aliphatic carbocycles. The fourth-order valence-corrected chi connectivity index (χ4v) is 3.23. The molecular weight excluding hydrogens is 232 g/mol. The molecule has 2 heteroatoms. The normalized spacial score (nSPS) is 16.3. The summed E-state index contributed by atoms with van der Waals surface area (Å²) >= 11 is 0. The number of aromatic amines is 1. The molecule has 98 valence electrons. The van der Waals surface area contributed by atoms with E-state index in [1.807, 2.05) is 0 Å². The van der Waals surface area contributed by atoms with Crippen molar-refractivity contribution in [3.05, 3.63) is 35.0 Å². The fourth-order valence-electron chi connectivity index (χ4n) is 3.23. The van der Waals surface area contributed by atoms with E-state index in [-0.39, 0.29) is 5.92 Å². The predicted octanol–water partition coefficient (Wildman–Crippen LogP) is 4.31. The molecule has 0 radical (unpaired) electrons. The van der Waals surface area contributed by atoms with Gasteiger partial charge in [-0.05, 0) is 54.9 Å². The average Bonchev–Trinajstić information content (AvgIpc) is 2.77. The summed E-state index contributed by atoms with van der Waals surface area (Å²) in [6.07, 6.45) is 4.93. The van der Waals surface area contributed by atoms with Crippen LogP contribution in [0.1, 0.15) is 49.4 Å². The van der Waals surface area contributed by atoms with Gasteiger partial charge in [-0.3, -0.25) is 0 Å². The van der Waals surface area contributed by atoms with Gasteiger partial charge in [-0.2, -0.15) is 5.26 Å². The molecule has 3 rings (SSSR count). The molecule has 1 heterocycles. The van der Waals surface area contributed by atoms with Crippen molar-refractivity contribution in [2.24, 2.45) is 5.92 Å². The Labute approximate surface area is 114 Å².